The lowest BCUT2D eigenvalue weighted by atomic mass is 10.0. The first-order chi connectivity index (χ1) is 13.0. The summed E-state index contributed by atoms with van der Waals surface area (Å²) in [7, 11) is 0. The molecule has 4 amide bonds. The van der Waals surface area contributed by atoms with Gasteiger partial charge in [-0.1, -0.05) is 36.4 Å². The van der Waals surface area contributed by atoms with Crippen molar-refractivity contribution in [2.24, 2.45) is 0 Å². The number of carbonyl (C=O) groups excluding carboxylic acids is 4. The molecule has 27 heavy (non-hydrogen) atoms. The van der Waals surface area contributed by atoms with Crippen LogP contribution < -0.4 is 0 Å². The first kappa shape index (κ1) is 17.1. The van der Waals surface area contributed by atoms with Gasteiger partial charge in [0.1, 0.15) is 11.9 Å². The van der Waals surface area contributed by atoms with Crippen LogP contribution in [0.15, 0.2) is 48.5 Å². The molecule has 0 saturated carbocycles. The summed E-state index contributed by atoms with van der Waals surface area (Å²) >= 11 is 0. The largest absolute Gasteiger partial charge is 0.276 e. The van der Waals surface area contributed by atoms with E-state index in [0.29, 0.717) is 0 Å². The van der Waals surface area contributed by atoms with Gasteiger partial charge in [-0.15, -0.1) is 0 Å². The Morgan fingerprint density at radius 3 is 2.37 bits per heavy atom. The SMILES string of the molecule is O=C1CCC(N2C(=O)c3cccc(F)c3C2=O)C(=O)N1Cc1ccccc1. The Bertz CT molecular complexity index is 973. The smallest absolute Gasteiger partial charge is 0.265 e. The molecule has 2 aromatic carbocycles. The summed E-state index contributed by atoms with van der Waals surface area (Å²) in [6, 6.07) is 11.6. The molecular formula is C20H15FN2O4. The molecule has 6 nitrogen and oxygen atoms in total. The summed E-state index contributed by atoms with van der Waals surface area (Å²) in [5.74, 6) is -3.32. The van der Waals surface area contributed by atoms with Gasteiger partial charge in [0.2, 0.25) is 5.91 Å². The molecule has 1 fully saturated rings. The zero-order valence-corrected chi connectivity index (χ0v) is 14.2. The van der Waals surface area contributed by atoms with Gasteiger partial charge in [-0.25, -0.2) is 4.39 Å². The van der Waals surface area contributed by atoms with E-state index in [9.17, 15) is 23.6 Å². The standard InChI is InChI=1S/C20H15FN2O4/c21-14-8-4-7-13-17(14)20(27)23(18(13)25)15-9-10-16(24)22(19(15)26)11-12-5-2-1-3-6-12/h1-8,15H,9-11H2. The van der Waals surface area contributed by atoms with E-state index in [1.165, 1.54) is 12.1 Å². The second kappa shape index (κ2) is 6.42. The maximum absolute atomic E-state index is 14.0. The molecule has 0 spiro atoms. The highest BCUT2D eigenvalue weighted by molar-refractivity contribution is 6.23. The molecular weight excluding hydrogens is 351 g/mol. The summed E-state index contributed by atoms with van der Waals surface area (Å²) in [4.78, 5) is 52.3. The van der Waals surface area contributed by atoms with E-state index in [2.05, 4.69) is 0 Å². The number of benzene rings is 2. The van der Waals surface area contributed by atoms with Crippen molar-refractivity contribution in [1.82, 2.24) is 9.80 Å². The average Bonchev–Trinajstić information content (AvgIpc) is 2.92. The van der Waals surface area contributed by atoms with Gasteiger partial charge in [0.15, 0.2) is 0 Å². The first-order valence-corrected chi connectivity index (χ1v) is 8.53. The molecule has 1 atom stereocenters. The Morgan fingerprint density at radius 2 is 1.67 bits per heavy atom. The topological polar surface area (TPSA) is 74.8 Å². The molecule has 0 bridgehead atoms. The summed E-state index contributed by atoms with van der Waals surface area (Å²) < 4.78 is 14.0. The highest BCUT2D eigenvalue weighted by Gasteiger charge is 2.47. The minimum Gasteiger partial charge on any atom is -0.276 e. The van der Waals surface area contributed by atoms with Gasteiger partial charge in [0.25, 0.3) is 17.7 Å². The van der Waals surface area contributed by atoms with E-state index in [-0.39, 0.29) is 36.4 Å². The lowest BCUT2D eigenvalue weighted by Crippen LogP contribution is -2.55. The Balaban J connectivity index is 1.64. The molecule has 136 valence electrons. The van der Waals surface area contributed by atoms with Crippen LogP contribution in [0.3, 0.4) is 0 Å². The Kier molecular flexibility index (Phi) is 4.07. The van der Waals surface area contributed by atoms with Crippen molar-refractivity contribution in [1.29, 1.82) is 0 Å². The van der Waals surface area contributed by atoms with E-state index < -0.39 is 29.6 Å². The van der Waals surface area contributed by atoms with E-state index >= 15 is 0 Å². The van der Waals surface area contributed by atoms with Gasteiger partial charge in [0.05, 0.1) is 17.7 Å². The molecule has 2 aromatic rings. The fraction of sp³-hybridized carbons (Fsp3) is 0.200. The minimum atomic E-state index is -1.11. The van der Waals surface area contributed by atoms with Crippen LogP contribution in [0.4, 0.5) is 4.39 Å². The Morgan fingerprint density at radius 1 is 0.926 bits per heavy atom. The molecule has 0 radical (unpaired) electrons. The predicted molar refractivity (Wildman–Crippen MR) is 91.9 cm³/mol. The molecule has 0 aliphatic carbocycles. The number of hydrogen-bond donors (Lipinski definition) is 0. The number of amides is 4. The number of carbonyl (C=O) groups is 4. The Labute approximate surface area is 154 Å². The quantitative estimate of drug-likeness (QED) is 0.780. The fourth-order valence-electron chi connectivity index (χ4n) is 3.54. The van der Waals surface area contributed by atoms with Crippen LogP contribution in [0.5, 0.6) is 0 Å². The Hall–Kier alpha value is -3.35. The van der Waals surface area contributed by atoms with Crippen molar-refractivity contribution >= 4 is 23.6 Å². The summed E-state index contributed by atoms with van der Waals surface area (Å²) in [6.45, 7) is 0.0620. The zero-order chi connectivity index (χ0) is 19.1. The third-order valence-corrected chi connectivity index (χ3v) is 4.87. The summed E-state index contributed by atoms with van der Waals surface area (Å²) in [5, 5.41) is 0. The number of piperidine rings is 1. The van der Waals surface area contributed by atoms with Gasteiger partial charge in [-0.2, -0.15) is 0 Å². The van der Waals surface area contributed by atoms with Crippen molar-refractivity contribution in [3.63, 3.8) is 0 Å². The van der Waals surface area contributed by atoms with Gasteiger partial charge in [-0.3, -0.25) is 29.0 Å². The molecule has 0 N–H and O–H groups in total. The van der Waals surface area contributed by atoms with Crippen molar-refractivity contribution in [3.05, 3.63) is 71.0 Å². The second-order valence-corrected chi connectivity index (χ2v) is 6.50. The number of nitrogens with zero attached hydrogens (tertiary/aromatic N) is 2. The van der Waals surface area contributed by atoms with Crippen molar-refractivity contribution in [3.8, 4) is 0 Å². The number of hydrogen-bond acceptors (Lipinski definition) is 4. The molecule has 2 aliphatic rings. The number of halogens is 1. The normalized spacial score (nSPS) is 19.7. The molecule has 2 aliphatic heterocycles. The lowest BCUT2D eigenvalue weighted by molar-refractivity contribution is -0.152. The van der Waals surface area contributed by atoms with Crippen LogP contribution in [-0.2, 0) is 16.1 Å². The molecule has 4 rings (SSSR count). The van der Waals surface area contributed by atoms with Gasteiger partial charge in [-0.05, 0) is 24.1 Å². The number of fused-ring (bicyclic) bond motifs is 1. The number of imide groups is 2. The fourth-order valence-corrected chi connectivity index (χ4v) is 3.54. The van der Waals surface area contributed by atoms with Crippen LogP contribution in [0.25, 0.3) is 0 Å². The van der Waals surface area contributed by atoms with Gasteiger partial charge < -0.3 is 0 Å². The van der Waals surface area contributed by atoms with Gasteiger partial charge >= 0.3 is 0 Å². The third kappa shape index (κ3) is 2.71. The van der Waals surface area contributed by atoms with Crippen LogP contribution in [0, 0.1) is 5.82 Å². The predicted octanol–water partition coefficient (Wildman–Crippen LogP) is 2.14. The molecule has 7 heteroatoms. The maximum atomic E-state index is 14.0. The van der Waals surface area contributed by atoms with Crippen molar-refractivity contribution in [2.45, 2.75) is 25.4 Å². The van der Waals surface area contributed by atoms with Crippen LogP contribution >= 0.6 is 0 Å². The summed E-state index contributed by atoms with van der Waals surface area (Å²) in [6.07, 6.45) is 0.0647. The van der Waals surface area contributed by atoms with Gasteiger partial charge in [0, 0.05) is 6.42 Å². The zero-order valence-electron chi connectivity index (χ0n) is 14.2. The lowest BCUT2D eigenvalue weighted by Gasteiger charge is -2.34. The highest BCUT2D eigenvalue weighted by Crippen LogP contribution is 2.30. The molecule has 0 aromatic heterocycles. The van der Waals surface area contributed by atoms with E-state index in [0.717, 1.165) is 21.4 Å². The van der Waals surface area contributed by atoms with Crippen molar-refractivity contribution in [2.75, 3.05) is 0 Å². The third-order valence-electron chi connectivity index (χ3n) is 4.87. The van der Waals surface area contributed by atoms with Crippen LogP contribution in [0.2, 0.25) is 0 Å². The second-order valence-electron chi connectivity index (χ2n) is 6.50. The van der Waals surface area contributed by atoms with E-state index in [4.69, 9.17) is 0 Å². The minimum absolute atomic E-state index is 0.0269. The number of rotatable bonds is 3. The van der Waals surface area contributed by atoms with E-state index in [1.54, 1.807) is 24.3 Å². The monoisotopic (exact) mass is 366 g/mol. The first-order valence-electron chi connectivity index (χ1n) is 8.53. The van der Waals surface area contributed by atoms with Crippen LogP contribution in [-0.4, -0.2) is 39.5 Å². The average molecular weight is 366 g/mol. The van der Waals surface area contributed by atoms with E-state index in [1.807, 2.05) is 6.07 Å². The summed E-state index contributed by atoms with van der Waals surface area (Å²) in [5.41, 5.74) is 0.384. The maximum Gasteiger partial charge on any atom is 0.265 e. The number of likely N-dealkylation sites (tertiary alicyclic amines) is 1. The molecule has 1 unspecified atom stereocenters. The molecule has 2 heterocycles. The molecule has 1 saturated heterocycles. The highest BCUT2D eigenvalue weighted by atomic mass is 19.1. The van der Waals surface area contributed by atoms with Crippen molar-refractivity contribution < 1.29 is 23.6 Å². The van der Waals surface area contributed by atoms with Crippen LogP contribution in [0.1, 0.15) is 39.1 Å².